The number of carbonyl (C=O) groups excluding carboxylic acids is 2. The van der Waals surface area contributed by atoms with Gasteiger partial charge in [-0.15, -0.1) is 0 Å². The Balaban J connectivity index is 2.05. The van der Waals surface area contributed by atoms with E-state index in [1.54, 1.807) is 0 Å². The molecule has 0 bridgehead atoms. The van der Waals surface area contributed by atoms with E-state index in [4.69, 9.17) is 9.47 Å². The third kappa shape index (κ3) is 9.94. The SMILES string of the molecule is CCCCCC(=O)OCC1CCC(COC(=O)CCCCC)CC1. The Labute approximate surface area is 147 Å². The van der Waals surface area contributed by atoms with Gasteiger partial charge in [-0.3, -0.25) is 9.59 Å². The molecule has 1 aliphatic rings. The lowest BCUT2D eigenvalue weighted by atomic mass is 9.83. The van der Waals surface area contributed by atoms with Crippen molar-refractivity contribution >= 4 is 11.9 Å². The molecule has 0 aromatic heterocycles. The van der Waals surface area contributed by atoms with Crippen molar-refractivity contribution in [3.05, 3.63) is 0 Å². The van der Waals surface area contributed by atoms with Gasteiger partial charge in [-0.05, 0) is 50.4 Å². The minimum absolute atomic E-state index is 0.0495. The topological polar surface area (TPSA) is 52.6 Å². The van der Waals surface area contributed by atoms with E-state index in [1.165, 1.54) is 0 Å². The van der Waals surface area contributed by atoms with Crippen LogP contribution in [0.5, 0.6) is 0 Å². The van der Waals surface area contributed by atoms with Crippen LogP contribution in [-0.2, 0) is 19.1 Å². The molecule has 0 heterocycles. The van der Waals surface area contributed by atoms with Gasteiger partial charge >= 0.3 is 11.9 Å². The van der Waals surface area contributed by atoms with Crippen LogP contribution in [-0.4, -0.2) is 25.2 Å². The summed E-state index contributed by atoms with van der Waals surface area (Å²) in [6.07, 6.45) is 11.7. The molecule has 4 heteroatoms. The summed E-state index contributed by atoms with van der Waals surface area (Å²) in [5.41, 5.74) is 0. The van der Waals surface area contributed by atoms with Gasteiger partial charge in [-0.1, -0.05) is 39.5 Å². The van der Waals surface area contributed by atoms with Crippen LogP contribution < -0.4 is 0 Å². The molecular formula is C20H36O4. The third-order valence-electron chi connectivity index (χ3n) is 4.90. The van der Waals surface area contributed by atoms with Crippen molar-refractivity contribution < 1.29 is 19.1 Å². The van der Waals surface area contributed by atoms with Crippen LogP contribution in [0.15, 0.2) is 0 Å². The highest BCUT2D eigenvalue weighted by molar-refractivity contribution is 5.69. The Morgan fingerprint density at radius 1 is 0.708 bits per heavy atom. The first-order valence-corrected chi connectivity index (χ1v) is 9.96. The quantitative estimate of drug-likeness (QED) is 0.369. The van der Waals surface area contributed by atoms with E-state index in [-0.39, 0.29) is 11.9 Å². The summed E-state index contributed by atoms with van der Waals surface area (Å²) < 4.78 is 10.8. The van der Waals surface area contributed by atoms with Crippen molar-refractivity contribution in [3.63, 3.8) is 0 Å². The number of unbranched alkanes of at least 4 members (excludes halogenated alkanes) is 4. The minimum Gasteiger partial charge on any atom is -0.465 e. The van der Waals surface area contributed by atoms with Crippen LogP contribution in [0.2, 0.25) is 0 Å². The molecule has 0 aromatic carbocycles. The summed E-state index contributed by atoms with van der Waals surface area (Å²) >= 11 is 0. The van der Waals surface area contributed by atoms with E-state index in [1.807, 2.05) is 0 Å². The lowest BCUT2D eigenvalue weighted by Gasteiger charge is -2.27. The highest BCUT2D eigenvalue weighted by Crippen LogP contribution is 2.29. The summed E-state index contributed by atoms with van der Waals surface area (Å²) in [6, 6.07) is 0. The maximum atomic E-state index is 11.6. The number of hydrogen-bond acceptors (Lipinski definition) is 4. The Morgan fingerprint density at radius 2 is 1.08 bits per heavy atom. The van der Waals surface area contributed by atoms with Crippen molar-refractivity contribution in [3.8, 4) is 0 Å². The first-order chi connectivity index (χ1) is 11.7. The lowest BCUT2D eigenvalue weighted by molar-refractivity contribution is -0.147. The largest absolute Gasteiger partial charge is 0.465 e. The van der Waals surface area contributed by atoms with Crippen molar-refractivity contribution in [2.24, 2.45) is 11.8 Å². The molecule has 1 rings (SSSR count). The average molecular weight is 341 g/mol. The van der Waals surface area contributed by atoms with Crippen molar-refractivity contribution in [2.75, 3.05) is 13.2 Å². The Kier molecular flexibility index (Phi) is 11.6. The lowest BCUT2D eigenvalue weighted by Crippen LogP contribution is -2.23. The van der Waals surface area contributed by atoms with E-state index in [0.29, 0.717) is 37.9 Å². The summed E-state index contributed by atoms with van der Waals surface area (Å²) in [7, 11) is 0. The second-order valence-corrected chi connectivity index (χ2v) is 7.17. The molecule has 1 fully saturated rings. The summed E-state index contributed by atoms with van der Waals surface area (Å²) in [5, 5.41) is 0. The number of hydrogen-bond donors (Lipinski definition) is 0. The smallest absolute Gasteiger partial charge is 0.305 e. The van der Waals surface area contributed by atoms with Crippen LogP contribution >= 0.6 is 0 Å². The van der Waals surface area contributed by atoms with Gasteiger partial charge in [0.1, 0.15) is 0 Å². The molecule has 0 amide bonds. The van der Waals surface area contributed by atoms with Gasteiger partial charge in [0, 0.05) is 12.8 Å². The molecule has 4 nitrogen and oxygen atoms in total. The fraction of sp³-hybridized carbons (Fsp3) is 0.900. The normalized spacial score (nSPS) is 20.6. The first kappa shape index (κ1) is 21.0. The van der Waals surface area contributed by atoms with Crippen LogP contribution in [0.4, 0.5) is 0 Å². The Hall–Kier alpha value is -1.06. The zero-order valence-corrected chi connectivity index (χ0v) is 15.7. The third-order valence-corrected chi connectivity index (χ3v) is 4.90. The summed E-state index contributed by atoms with van der Waals surface area (Å²) in [5.74, 6) is 0.867. The number of rotatable bonds is 12. The number of esters is 2. The van der Waals surface area contributed by atoms with Crippen molar-refractivity contribution in [1.82, 2.24) is 0 Å². The fourth-order valence-corrected chi connectivity index (χ4v) is 3.17. The zero-order valence-electron chi connectivity index (χ0n) is 15.7. The standard InChI is InChI=1S/C20H36O4/c1-3-5-7-9-19(21)23-15-17-11-13-18(14-12-17)16-24-20(22)10-8-6-4-2/h17-18H,3-16H2,1-2H3. The van der Waals surface area contributed by atoms with Gasteiger partial charge in [0.2, 0.25) is 0 Å². The molecule has 0 saturated heterocycles. The highest BCUT2D eigenvalue weighted by atomic mass is 16.5. The molecule has 1 saturated carbocycles. The van der Waals surface area contributed by atoms with E-state index in [2.05, 4.69) is 13.8 Å². The van der Waals surface area contributed by atoms with E-state index < -0.39 is 0 Å². The first-order valence-electron chi connectivity index (χ1n) is 9.96. The molecule has 0 aliphatic heterocycles. The van der Waals surface area contributed by atoms with E-state index in [0.717, 1.165) is 64.2 Å². The molecule has 0 atom stereocenters. The van der Waals surface area contributed by atoms with Crippen molar-refractivity contribution in [2.45, 2.75) is 90.9 Å². The Morgan fingerprint density at radius 3 is 1.42 bits per heavy atom. The predicted molar refractivity (Wildman–Crippen MR) is 95.7 cm³/mol. The van der Waals surface area contributed by atoms with Gasteiger partial charge in [0.25, 0.3) is 0 Å². The molecule has 140 valence electrons. The maximum Gasteiger partial charge on any atom is 0.305 e. The molecule has 0 N–H and O–H groups in total. The second kappa shape index (κ2) is 13.3. The number of ether oxygens (including phenoxy) is 2. The van der Waals surface area contributed by atoms with Gasteiger partial charge < -0.3 is 9.47 Å². The van der Waals surface area contributed by atoms with E-state index in [9.17, 15) is 9.59 Å². The second-order valence-electron chi connectivity index (χ2n) is 7.17. The van der Waals surface area contributed by atoms with Crippen LogP contribution in [0.1, 0.15) is 90.9 Å². The molecule has 1 aliphatic carbocycles. The van der Waals surface area contributed by atoms with Gasteiger partial charge in [0.15, 0.2) is 0 Å². The molecule has 0 spiro atoms. The fourth-order valence-electron chi connectivity index (χ4n) is 3.17. The minimum atomic E-state index is -0.0495. The Bertz CT molecular complexity index is 312. The highest BCUT2D eigenvalue weighted by Gasteiger charge is 2.23. The van der Waals surface area contributed by atoms with Crippen LogP contribution in [0.3, 0.4) is 0 Å². The van der Waals surface area contributed by atoms with Crippen LogP contribution in [0.25, 0.3) is 0 Å². The van der Waals surface area contributed by atoms with Gasteiger partial charge in [-0.2, -0.15) is 0 Å². The van der Waals surface area contributed by atoms with E-state index >= 15 is 0 Å². The van der Waals surface area contributed by atoms with Crippen molar-refractivity contribution in [1.29, 1.82) is 0 Å². The summed E-state index contributed by atoms with van der Waals surface area (Å²) in [4.78, 5) is 23.3. The predicted octanol–water partition coefficient (Wildman–Crippen LogP) is 5.04. The molecule has 0 unspecified atom stereocenters. The number of carbonyl (C=O) groups is 2. The zero-order chi connectivity index (χ0) is 17.6. The monoisotopic (exact) mass is 340 g/mol. The summed E-state index contributed by atoms with van der Waals surface area (Å²) in [6.45, 7) is 5.39. The molecule has 0 radical (unpaired) electrons. The molecular weight excluding hydrogens is 304 g/mol. The van der Waals surface area contributed by atoms with Gasteiger partial charge in [-0.25, -0.2) is 0 Å². The molecule has 0 aromatic rings. The van der Waals surface area contributed by atoms with Crippen LogP contribution in [0, 0.1) is 11.8 Å². The maximum absolute atomic E-state index is 11.6. The van der Waals surface area contributed by atoms with Gasteiger partial charge in [0.05, 0.1) is 13.2 Å². The average Bonchev–Trinajstić information content (AvgIpc) is 2.59. The molecule has 24 heavy (non-hydrogen) atoms.